The lowest BCUT2D eigenvalue weighted by atomic mass is 9.70. The molecule has 3 rings (SSSR count). The zero-order chi connectivity index (χ0) is 10.1. The van der Waals surface area contributed by atoms with Crippen LogP contribution in [0.1, 0.15) is 0 Å². The number of cyclic esters (lactones) is 4. The highest BCUT2D eigenvalue weighted by molar-refractivity contribution is 6.33. The molecule has 1 aliphatic carbocycles. The van der Waals surface area contributed by atoms with Gasteiger partial charge in [0.25, 0.3) is 0 Å². The number of carbonyl (C=O) groups is 4. The molecular weight excluding hydrogens is 192 g/mol. The van der Waals surface area contributed by atoms with Crippen molar-refractivity contribution in [2.24, 2.45) is 5.41 Å². The molecule has 2 aliphatic heterocycles. The minimum atomic E-state index is -1.89. The first-order chi connectivity index (χ1) is 6.58. The standard InChI is InChI=1S/C8O6/c9-4-2-1-3-5(10)14-7(12)8(2,3)6(11)13-4. The van der Waals surface area contributed by atoms with Gasteiger partial charge in [-0.1, -0.05) is 5.73 Å². The summed E-state index contributed by atoms with van der Waals surface area (Å²) in [5.41, 5.74) is -0.0540. The average molecular weight is 192 g/mol. The Kier molecular flexibility index (Phi) is 0.871. The molecule has 0 radical (unpaired) electrons. The molecule has 2 fully saturated rings. The van der Waals surface area contributed by atoms with E-state index in [1.165, 1.54) is 0 Å². The summed E-state index contributed by atoms with van der Waals surface area (Å²) < 4.78 is 8.44. The van der Waals surface area contributed by atoms with Crippen LogP contribution >= 0.6 is 0 Å². The molecule has 0 aromatic carbocycles. The maximum atomic E-state index is 11.2. The van der Waals surface area contributed by atoms with Crippen LogP contribution in [0.5, 0.6) is 0 Å². The summed E-state index contributed by atoms with van der Waals surface area (Å²) in [5, 5.41) is 0. The van der Waals surface area contributed by atoms with Crippen LogP contribution in [-0.4, -0.2) is 23.9 Å². The SMILES string of the molecule is O=C1OC(=O)C23C(=O)OC(=O)C2=C=C13. The van der Waals surface area contributed by atoms with E-state index < -0.39 is 29.3 Å². The number of carbonyl (C=O) groups excluding carboxylic acids is 4. The minimum absolute atomic E-state index is 0.228. The van der Waals surface area contributed by atoms with Gasteiger partial charge in [-0.3, -0.25) is 0 Å². The van der Waals surface area contributed by atoms with Gasteiger partial charge in [-0.2, -0.15) is 0 Å². The lowest BCUT2D eigenvalue weighted by Gasteiger charge is -2.16. The van der Waals surface area contributed by atoms with Gasteiger partial charge in [0.15, 0.2) is 0 Å². The van der Waals surface area contributed by atoms with Gasteiger partial charge in [-0.15, -0.1) is 0 Å². The summed E-state index contributed by atoms with van der Waals surface area (Å²) in [5.74, 6) is -4.01. The fraction of sp³-hybridized carbons (Fsp3) is 0.125. The van der Waals surface area contributed by atoms with Crippen LogP contribution in [0, 0.1) is 5.41 Å². The van der Waals surface area contributed by atoms with Crippen LogP contribution in [0.2, 0.25) is 0 Å². The van der Waals surface area contributed by atoms with Crippen LogP contribution in [0.15, 0.2) is 16.9 Å². The first kappa shape index (κ1) is 7.23. The lowest BCUT2D eigenvalue weighted by Crippen LogP contribution is -2.38. The van der Waals surface area contributed by atoms with Crippen molar-refractivity contribution in [2.45, 2.75) is 0 Å². The van der Waals surface area contributed by atoms with Crippen LogP contribution in [0.25, 0.3) is 0 Å². The molecule has 6 nitrogen and oxygen atoms in total. The highest BCUT2D eigenvalue weighted by Gasteiger charge is 2.73. The van der Waals surface area contributed by atoms with Crippen molar-refractivity contribution in [3.63, 3.8) is 0 Å². The van der Waals surface area contributed by atoms with Crippen molar-refractivity contribution in [3.05, 3.63) is 16.9 Å². The van der Waals surface area contributed by atoms with Gasteiger partial charge in [0, 0.05) is 0 Å². The van der Waals surface area contributed by atoms with E-state index in [1.54, 1.807) is 0 Å². The van der Waals surface area contributed by atoms with Crippen LogP contribution < -0.4 is 0 Å². The van der Waals surface area contributed by atoms with Gasteiger partial charge < -0.3 is 9.47 Å². The highest BCUT2D eigenvalue weighted by atomic mass is 16.6. The summed E-state index contributed by atoms with van der Waals surface area (Å²) >= 11 is 0. The van der Waals surface area contributed by atoms with Crippen molar-refractivity contribution >= 4 is 23.9 Å². The predicted molar refractivity (Wildman–Crippen MR) is 35.2 cm³/mol. The monoisotopic (exact) mass is 192 g/mol. The first-order valence-corrected chi connectivity index (χ1v) is 3.63. The zero-order valence-electron chi connectivity index (χ0n) is 6.45. The van der Waals surface area contributed by atoms with E-state index in [2.05, 4.69) is 15.2 Å². The van der Waals surface area contributed by atoms with E-state index >= 15 is 0 Å². The van der Waals surface area contributed by atoms with E-state index in [4.69, 9.17) is 0 Å². The van der Waals surface area contributed by atoms with E-state index in [-0.39, 0.29) is 11.1 Å². The second-order valence-corrected chi connectivity index (χ2v) is 2.98. The van der Waals surface area contributed by atoms with Gasteiger partial charge in [-0.25, -0.2) is 19.2 Å². The average Bonchev–Trinajstić information content (AvgIpc) is 2.27. The number of hydrogen-bond donors (Lipinski definition) is 0. The molecule has 1 spiro atoms. The number of rotatable bonds is 0. The molecule has 0 aromatic rings. The van der Waals surface area contributed by atoms with Crippen molar-refractivity contribution in [3.8, 4) is 0 Å². The third-order valence-electron chi connectivity index (χ3n) is 2.39. The fourth-order valence-electron chi connectivity index (χ4n) is 1.70. The summed E-state index contributed by atoms with van der Waals surface area (Å²) in [6, 6.07) is 0. The molecule has 0 N–H and O–H groups in total. The zero-order valence-corrected chi connectivity index (χ0v) is 6.45. The van der Waals surface area contributed by atoms with Crippen molar-refractivity contribution in [1.29, 1.82) is 0 Å². The molecule has 14 heavy (non-hydrogen) atoms. The Labute approximate surface area is 75.8 Å². The summed E-state index contributed by atoms with van der Waals surface area (Å²) in [6.45, 7) is 0. The van der Waals surface area contributed by atoms with Crippen LogP contribution in [0.4, 0.5) is 0 Å². The lowest BCUT2D eigenvalue weighted by molar-refractivity contribution is -0.159. The molecule has 0 saturated carbocycles. The normalized spacial score (nSPS) is 25.7. The Morgan fingerprint density at radius 1 is 0.857 bits per heavy atom. The van der Waals surface area contributed by atoms with Crippen molar-refractivity contribution in [1.82, 2.24) is 0 Å². The molecule has 0 aromatic heterocycles. The quantitative estimate of drug-likeness (QED) is 0.266. The second-order valence-electron chi connectivity index (χ2n) is 2.98. The summed E-state index contributed by atoms with van der Waals surface area (Å²) in [7, 11) is 0. The Morgan fingerprint density at radius 3 is 1.64 bits per heavy atom. The Hall–Kier alpha value is -2.20. The molecule has 0 amide bonds. The maximum absolute atomic E-state index is 11.2. The summed E-state index contributed by atoms with van der Waals surface area (Å²) in [6.07, 6.45) is 0. The van der Waals surface area contributed by atoms with E-state index in [9.17, 15) is 19.2 Å². The number of ether oxygens (including phenoxy) is 2. The smallest absolute Gasteiger partial charge is 0.351 e. The molecule has 2 saturated heterocycles. The first-order valence-electron chi connectivity index (χ1n) is 3.63. The third-order valence-corrected chi connectivity index (χ3v) is 2.39. The van der Waals surface area contributed by atoms with Crippen LogP contribution in [0.3, 0.4) is 0 Å². The highest BCUT2D eigenvalue weighted by Crippen LogP contribution is 2.52. The molecule has 68 valence electrons. The van der Waals surface area contributed by atoms with Gasteiger partial charge in [0.1, 0.15) is 11.1 Å². The Balaban J connectivity index is 2.34. The van der Waals surface area contributed by atoms with E-state index in [0.717, 1.165) is 0 Å². The molecule has 3 aliphatic rings. The third kappa shape index (κ3) is 0.434. The number of hydrogen-bond acceptors (Lipinski definition) is 6. The maximum Gasteiger partial charge on any atom is 0.351 e. The molecule has 2 heterocycles. The minimum Gasteiger partial charge on any atom is -0.388 e. The van der Waals surface area contributed by atoms with Gasteiger partial charge in [-0.05, 0) is 0 Å². The Morgan fingerprint density at radius 2 is 1.29 bits per heavy atom. The van der Waals surface area contributed by atoms with Crippen LogP contribution in [-0.2, 0) is 28.7 Å². The van der Waals surface area contributed by atoms with Gasteiger partial charge in [0.05, 0.1) is 0 Å². The topological polar surface area (TPSA) is 86.7 Å². The van der Waals surface area contributed by atoms with E-state index in [0.29, 0.717) is 0 Å². The molecule has 0 atom stereocenters. The van der Waals surface area contributed by atoms with E-state index in [1.807, 2.05) is 0 Å². The molecule has 6 heteroatoms. The van der Waals surface area contributed by atoms with Crippen molar-refractivity contribution < 1.29 is 28.7 Å². The molecule has 0 unspecified atom stereocenters. The fourth-order valence-corrected chi connectivity index (χ4v) is 1.70. The molecular formula is C8O6. The van der Waals surface area contributed by atoms with Gasteiger partial charge in [0.2, 0.25) is 5.41 Å². The predicted octanol–water partition coefficient (Wildman–Crippen LogP) is -1.40. The second kappa shape index (κ2) is 1.69. The summed E-state index contributed by atoms with van der Waals surface area (Å²) in [4.78, 5) is 44.4. The number of esters is 4. The molecule has 0 bridgehead atoms. The largest absolute Gasteiger partial charge is 0.388 e. The Bertz CT molecular complexity index is 472. The van der Waals surface area contributed by atoms with Crippen molar-refractivity contribution in [2.75, 3.05) is 0 Å². The van der Waals surface area contributed by atoms with Gasteiger partial charge >= 0.3 is 23.9 Å².